The second kappa shape index (κ2) is 57.7. The summed E-state index contributed by atoms with van der Waals surface area (Å²) in [6.45, 7) is 42.9. The molecule has 0 bridgehead atoms. The summed E-state index contributed by atoms with van der Waals surface area (Å²) in [5.74, 6) is 2.30. The molecule has 0 atom stereocenters. The Morgan fingerprint density at radius 1 is 0.188 bits per heavy atom. The standard InChI is InChI=1S/2C11H13F3.4C10H8O2.C9H12O3.C9H12O2.C9H12O.C6H6O3.5C2H6/c2*1-7(2)9-4-8(3)5-10(6-9)11(12,13)14;4*11-9-5-1-3-7-8(9)4-2-6-10(7)12;1-5(2)9-7(11)3-6(10)4-8(9)12;1-6(2)7-3-4-8(10)9(11)5-7;1-7(2)8-3-5-9(10)6-4-8;7-4-1-5(8)3-6(9)2-4;5*1-2/h2*4-7H,1-3H3;4*1-6,11-12H;3-5,10-12H,1-2H3;3-6,10-11H,1-2H3;3-7,10H,1-2H3;1-3,7-9H;5*1-2H3. The largest absolute Gasteiger partial charge is 0.508 e. The van der Waals surface area contributed by atoms with E-state index < -0.39 is 23.5 Å². The van der Waals surface area contributed by atoms with Gasteiger partial charge in [-0.2, -0.15) is 26.3 Å². The van der Waals surface area contributed by atoms with Gasteiger partial charge in [-0.1, -0.05) is 277 Å². The fourth-order valence-corrected chi connectivity index (χ4v) is 11.3. The van der Waals surface area contributed by atoms with E-state index in [0.29, 0.717) is 77.4 Å². The van der Waals surface area contributed by atoms with Gasteiger partial charge in [0.2, 0.25) is 0 Å². The van der Waals surface area contributed by atoms with Crippen LogP contribution in [-0.4, -0.2) is 86.8 Å². The normalized spacial score (nSPS) is 10.1. The van der Waals surface area contributed by atoms with E-state index in [1.54, 1.807) is 196 Å². The van der Waals surface area contributed by atoms with Crippen molar-refractivity contribution in [3.8, 4) is 97.7 Å². The molecule has 0 heterocycles. The zero-order valence-electron chi connectivity index (χ0n) is 77.0. The first kappa shape index (κ1) is 114. The van der Waals surface area contributed by atoms with Gasteiger partial charge in [0.15, 0.2) is 11.5 Å². The zero-order valence-corrected chi connectivity index (χ0v) is 77.0. The molecule has 0 unspecified atom stereocenters. The van der Waals surface area contributed by atoms with Gasteiger partial charge in [-0.15, -0.1) is 0 Å². The van der Waals surface area contributed by atoms with Crippen LogP contribution in [0.4, 0.5) is 26.3 Å². The average Bonchev–Trinajstić information content (AvgIpc) is 0.698. The molecule has 0 saturated carbocycles. The Hall–Kier alpha value is -13.7. The number of fused-ring (bicyclic) bond motifs is 4. The second-order valence-electron chi connectivity index (χ2n) is 28.6. The van der Waals surface area contributed by atoms with Crippen molar-refractivity contribution in [2.24, 2.45) is 0 Å². The summed E-state index contributed by atoms with van der Waals surface area (Å²) >= 11 is 0. The summed E-state index contributed by atoms with van der Waals surface area (Å²) in [6, 6.07) is 67.0. The Balaban J connectivity index is 0.00000139. The topological polar surface area (TPSA) is 344 Å². The fourth-order valence-electron chi connectivity index (χ4n) is 11.3. The Bertz CT molecular complexity index is 4930. The smallest absolute Gasteiger partial charge is 0.416 e. The minimum Gasteiger partial charge on any atom is -0.508 e. The van der Waals surface area contributed by atoms with Crippen LogP contribution in [0, 0.1) is 13.8 Å². The van der Waals surface area contributed by atoms with Crippen molar-refractivity contribution in [3.05, 3.63) is 305 Å². The second-order valence-corrected chi connectivity index (χ2v) is 28.6. The SMILES string of the molecule is CC.CC.CC.CC.CC.CC(C)c1c(O)cc(O)cc1O.CC(C)c1ccc(O)c(O)c1.CC(C)c1ccc(O)cc1.Cc1cc(C(C)C)cc(C(F)(F)F)c1.Cc1cc(C(C)C)cc(C(F)(F)F)c1.Oc1cc(O)cc(O)c1.Oc1cccc2c(O)cccc12.Oc1cccc2c(O)cccc12.Oc1cccc2c(O)cccc12.Oc1cccc2c(O)cccc12. The minimum absolute atomic E-state index is 0.0330. The predicted octanol–water partition coefficient (Wildman–Crippen LogP) is 29.9. The highest BCUT2D eigenvalue weighted by Crippen LogP contribution is 2.40. The number of phenolic OH excluding ortho intramolecular Hbond substituents is 17. The molecule has 694 valence electrons. The van der Waals surface area contributed by atoms with E-state index in [4.69, 9.17) is 35.7 Å². The van der Waals surface area contributed by atoms with E-state index in [-0.39, 0.29) is 110 Å². The molecule has 14 aromatic rings. The highest BCUT2D eigenvalue weighted by Gasteiger charge is 2.32. The van der Waals surface area contributed by atoms with Crippen molar-refractivity contribution < 1.29 is 113 Å². The zero-order chi connectivity index (χ0) is 98.2. The fraction of sp³-hybridized carbons (Fsp3) is 0.276. The molecule has 17 N–H and O–H groups in total. The maximum absolute atomic E-state index is 12.4. The summed E-state index contributed by atoms with van der Waals surface area (Å²) in [5.41, 5.74) is 4.43. The monoisotopic (exact) mass is 1780 g/mol. The molecule has 0 fully saturated rings. The maximum Gasteiger partial charge on any atom is 0.416 e. The molecular formula is C105H130F6O17. The molecule has 0 aliphatic heterocycles. The van der Waals surface area contributed by atoms with Gasteiger partial charge in [0, 0.05) is 79.0 Å². The van der Waals surface area contributed by atoms with Gasteiger partial charge in [-0.25, -0.2) is 0 Å². The van der Waals surface area contributed by atoms with E-state index in [0.717, 1.165) is 34.9 Å². The molecule has 14 rings (SSSR count). The number of benzene rings is 14. The number of hydrogen-bond acceptors (Lipinski definition) is 17. The summed E-state index contributed by atoms with van der Waals surface area (Å²) < 4.78 is 74.5. The Morgan fingerprint density at radius 3 is 0.609 bits per heavy atom. The molecule has 0 aromatic heterocycles. The Labute approximate surface area is 749 Å². The van der Waals surface area contributed by atoms with E-state index in [1.165, 1.54) is 48.0 Å². The van der Waals surface area contributed by atoms with Crippen molar-refractivity contribution in [1.82, 2.24) is 0 Å². The highest BCUT2D eigenvalue weighted by molar-refractivity contribution is 5.95. The van der Waals surface area contributed by atoms with Crippen LogP contribution in [0.3, 0.4) is 0 Å². The summed E-state index contributed by atoms with van der Waals surface area (Å²) in [7, 11) is 0. The molecule has 17 nitrogen and oxygen atoms in total. The lowest BCUT2D eigenvalue weighted by Gasteiger charge is -2.12. The van der Waals surface area contributed by atoms with Gasteiger partial charge in [-0.3, -0.25) is 0 Å². The Morgan fingerprint density at radius 2 is 0.406 bits per heavy atom. The van der Waals surface area contributed by atoms with Gasteiger partial charge in [-0.05, 0) is 163 Å². The van der Waals surface area contributed by atoms with Crippen LogP contribution >= 0.6 is 0 Å². The van der Waals surface area contributed by atoms with Crippen LogP contribution in [0.25, 0.3) is 43.1 Å². The summed E-state index contributed by atoms with van der Waals surface area (Å²) in [6.07, 6.45) is -8.48. The van der Waals surface area contributed by atoms with E-state index in [9.17, 15) is 77.4 Å². The lowest BCUT2D eigenvalue weighted by Crippen LogP contribution is -2.06. The molecule has 14 aromatic carbocycles. The third-order valence-electron chi connectivity index (χ3n) is 17.5. The van der Waals surface area contributed by atoms with Gasteiger partial charge >= 0.3 is 12.4 Å². The molecular weight excluding hydrogens is 1650 g/mol. The number of rotatable bonds is 5. The summed E-state index contributed by atoms with van der Waals surface area (Å²) in [4.78, 5) is 0. The first-order chi connectivity index (χ1) is 60.3. The molecule has 0 aliphatic rings. The van der Waals surface area contributed by atoms with Gasteiger partial charge in [0.25, 0.3) is 0 Å². The lowest BCUT2D eigenvalue weighted by molar-refractivity contribution is -0.138. The number of aryl methyl sites for hydroxylation is 2. The first-order valence-electron chi connectivity index (χ1n) is 42.0. The minimum atomic E-state index is -4.24. The van der Waals surface area contributed by atoms with Crippen LogP contribution in [0.15, 0.2) is 255 Å². The molecule has 0 amide bonds. The molecule has 0 saturated heterocycles. The van der Waals surface area contributed by atoms with E-state index in [1.807, 2.05) is 137 Å². The van der Waals surface area contributed by atoms with Crippen molar-refractivity contribution in [1.29, 1.82) is 0 Å². The van der Waals surface area contributed by atoms with Crippen LogP contribution in [-0.2, 0) is 12.4 Å². The van der Waals surface area contributed by atoms with Crippen LogP contribution in [0.2, 0.25) is 0 Å². The van der Waals surface area contributed by atoms with Crippen molar-refractivity contribution in [2.45, 2.75) is 194 Å². The van der Waals surface area contributed by atoms with E-state index in [2.05, 4.69) is 13.8 Å². The van der Waals surface area contributed by atoms with Gasteiger partial charge in [0.1, 0.15) is 86.2 Å². The molecule has 0 spiro atoms. The highest BCUT2D eigenvalue weighted by atomic mass is 19.4. The molecule has 23 heteroatoms. The quantitative estimate of drug-likeness (QED) is 0.0562. The third-order valence-corrected chi connectivity index (χ3v) is 17.5. The molecule has 0 radical (unpaired) electrons. The lowest BCUT2D eigenvalue weighted by atomic mass is 9.98. The summed E-state index contributed by atoms with van der Waals surface area (Å²) in [5, 5.41) is 161. The average molecular weight is 1780 g/mol. The molecule has 0 aliphatic carbocycles. The van der Waals surface area contributed by atoms with Gasteiger partial charge in [0.05, 0.1) is 11.1 Å². The van der Waals surface area contributed by atoms with Crippen LogP contribution < -0.4 is 0 Å². The maximum atomic E-state index is 12.4. The Kier molecular flexibility index (Phi) is 51.6. The van der Waals surface area contributed by atoms with Crippen LogP contribution in [0.5, 0.6) is 97.7 Å². The number of alkyl halides is 6. The number of aromatic hydroxyl groups is 17. The number of hydrogen-bond donors (Lipinski definition) is 17. The van der Waals surface area contributed by atoms with Gasteiger partial charge < -0.3 is 86.8 Å². The third kappa shape index (κ3) is 38.8. The van der Waals surface area contributed by atoms with Crippen molar-refractivity contribution in [3.63, 3.8) is 0 Å². The van der Waals surface area contributed by atoms with Crippen molar-refractivity contribution in [2.75, 3.05) is 0 Å². The number of phenols is 17. The number of halogens is 6. The van der Waals surface area contributed by atoms with E-state index >= 15 is 0 Å². The predicted molar refractivity (Wildman–Crippen MR) is 509 cm³/mol. The first-order valence-corrected chi connectivity index (χ1v) is 42.0. The molecule has 128 heavy (non-hydrogen) atoms. The van der Waals surface area contributed by atoms with Crippen molar-refractivity contribution >= 4 is 43.1 Å². The van der Waals surface area contributed by atoms with Crippen LogP contribution in [0.1, 0.15) is 218 Å².